The van der Waals surface area contributed by atoms with E-state index in [1.807, 2.05) is 0 Å². The van der Waals surface area contributed by atoms with Gasteiger partial charge in [-0.2, -0.15) is 0 Å². The molecule has 0 radical (unpaired) electrons. The lowest BCUT2D eigenvalue weighted by Gasteiger charge is -2.44. The zero-order chi connectivity index (χ0) is 8.48. The maximum atomic E-state index is 11.4. The van der Waals surface area contributed by atoms with Crippen LogP contribution in [0.1, 0.15) is 13.8 Å². The van der Waals surface area contributed by atoms with Crippen LogP contribution in [-0.2, 0) is 4.79 Å². The van der Waals surface area contributed by atoms with Crippen molar-refractivity contribution in [2.24, 2.45) is 11.3 Å². The largest absolute Gasteiger partial charge is 0.359 e. The van der Waals surface area contributed by atoms with Crippen LogP contribution in [0.25, 0.3) is 0 Å². The Bertz CT molecular complexity index is 161. The summed E-state index contributed by atoms with van der Waals surface area (Å²) in [5.41, 5.74) is -0.130. The molecule has 0 saturated carbocycles. The standard InChI is InChI=1S/C8H16N2O/c1-6(2)8(4-10-5-8)7(11)9-3/h6,10H,4-5H2,1-3H3,(H,9,11). The second-order valence-electron chi connectivity index (χ2n) is 3.49. The third kappa shape index (κ3) is 1.13. The summed E-state index contributed by atoms with van der Waals surface area (Å²) in [5, 5.41) is 5.85. The molecule has 0 spiro atoms. The Labute approximate surface area is 67.5 Å². The van der Waals surface area contributed by atoms with Crippen LogP contribution in [0.3, 0.4) is 0 Å². The molecule has 3 nitrogen and oxygen atoms in total. The smallest absolute Gasteiger partial charge is 0.228 e. The molecule has 1 aliphatic rings. The van der Waals surface area contributed by atoms with Gasteiger partial charge in [0.05, 0.1) is 5.41 Å². The number of hydrogen-bond donors (Lipinski definition) is 2. The van der Waals surface area contributed by atoms with Crippen LogP contribution in [0.5, 0.6) is 0 Å². The van der Waals surface area contributed by atoms with E-state index in [0.29, 0.717) is 5.92 Å². The average molecular weight is 156 g/mol. The first-order chi connectivity index (χ1) is 5.13. The monoisotopic (exact) mass is 156 g/mol. The Kier molecular flexibility index (Phi) is 2.18. The van der Waals surface area contributed by atoms with Crippen LogP contribution in [0.15, 0.2) is 0 Å². The topological polar surface area (TPSA) is 41.1 Å². The summed E-state index contributed by atoms with van der Waals surface area (Å²) in [6, 6.07) is 0. The van der Waals surface area contributed by atoms with Crippen molar-refractivity contribution in [3.8, 4) is 0 Å². The van der Waals surface area contributed by atoms with Gasteiger partial charge in [0.25, 0.3) is 0 Å². The first kappa shape index (κ1) is 8.53. The molecule has 11 heavy (non-hydrogen) atoms. The van der Waals surface area contributed by atoms with E-state index in [9.17, 15) is 4.79 Å². The van der Waals surface area contributed by atoms with Gasteiger partial charge in [0.1, 0.15) is 0 Å². The molecule has 1 aliphatic heterocycles. The van der Waals surface area contributed by atoms with E-state index < -0.39 is 0 Å². The second-order valence-corrected chi connectivity index (χ2v) is 3.49. The van der Waals surface area contributed by atoms with Gasteiger partial charge in [0.15, 0.2) is 0 Å². The van der Waals surface area contributed by atoms with E-state index >= 15 is 0 Å². The van der Waals surface area contributed by atoms with E-state index in [0.717, 1.165) is 13.1 Å². The number of amides is 1. The van der Waals surface area contributed by atoms with E-state index in [4.69, 9.17) is 0 Å². The summed E-state index contributed by atoms with van der Waals surface area (Å²) in [4.78, 5) is 11.4. The third-order valence-corrected chi connectivity index (χ3v) is 2.67. The Hall–Kier alpha value is -0.570. The van der Waals surface area contributed by atoms with Crippen LogP contribution >= 0.6 is 0 Å². The fourth-order valence-electron chi connectivity index (χ4n) is 1.47. The van der Waals surface area contributed by atoms with Gasteiger partial charge in [0.2, 0.25) is 5.91 Å². The van der Waals surface area contributed by atoms with Gasteiger partial charge in [-0.25, -0.2) is 0 Å². The fraction of sp³-hybridized carbons (Fsp3) is 0.875. The second kappa shape index (κ2) is 2.81. The van der Waals surface area contributed by atoms with Crippen LogP contribution in [0, 0.1) is 11.3 Å². The zero-order valence-electron chi connectivity index (χ0n) is 7.40. The summed E-state index contributed by atoms with van der Waals surface area (Å²) >= 11 is 0. The van der Waals surface area contributed by atoms with Crippen LogP contribution in [-0.4, -0.2) is 26.0 Å². The molecular formula is C8H16N2O. The average Bonchev–Trinajstić information content (AvgIpc) is 1.84. The first-order valence-corrected chi connectivity index (χ1v) is 4.06. The number of carbonyl (C=O) groups is 1. The molecule has 2 N–H and O–H groups in total. The molecule has 0 aliphatic carbocycles. The molecule has 0 aromatic rings. The SMILES string of the molecule is CNC(=O)C1(C(C)C)CNC1. The Morgan fingerprint density at radius 3 is 2.18 bits per heavy atom. The molecule has 1 rings (SSSR count). The minimum atomic E-state index is -0.130. The van der Waals surface area contributed by atoms with Crippen molar-refractivity contribution >= 4 is 5.91 Å². The Morgan fingerprint density at radius 2 is 2.09 bits per heavy atom. The highest BCUT2D eigenvalue weighted by molar-refractivity contribution is 5.84. The maximum Gasteiger partial charge on any atom is 0.228 e. The normalized spacial score (nSPS) is 21.1. The van der Waals surface area contributed by atoms with E-state index in [2.05, 4.69) is 24.5 Å². The lowest BCUT2D eigenvalue weighted by molar-refractivity contribution is -0.136. The van der Waals surface area contributed by atoms with Crippen LogP contribution in [0.2, 0.25) is 0 Å². The minimum Gasteiger partial charge on any atom is -0.359 e. The molecule has 1 fully saturated rings. The van der Waals surface area contributed by atoms with Gasteiger partial charge in [-0.15, -0.1) is 0 Å². The van der Waals surface area contributed by atoms with Crippen molar-refractivity contribution < 1.29 is 4.79 Å². The van der Waals surface area contributed by atoms with Crippen molar-refractivity contribution in [1.82, 2.24) is 10.6 Å². The maximum absolute atomic E-state index is 11.4. The molecule has 0 atom stereocenters. The van der Waals surface area contributed by atoms with Crippen molar-refractivity contribution in [2.75, 3.05) is 20.1 Å². The molecule has 1 heterocycles. The Balaban J connectivity index is 2.67. The van der Waals surface area contributed by atoms with Gasteiger partial charge in [-0.3, -0.25) is 4.79 Å². The van der Waals surface area contributed by atoms with Crippen molar-refractivity contribution in [1.29, 1.82) is 0 Å². The number of rotatable bonds is 2. The van der Waals surface area contributed by atoms with Crippen LogP contribution < -0.4 is 10.6 Å². The number of carbonyl (C=O) groups excluding carboxylic acids is 1. The lowest BCUT2D eigenvalue weighted by Crippen LogP contribution is -2.63. The van der Waals surface area contributed by atoms with Gasteiger partial charge in [-0.05, 0) is 5.92 Å². The quantitative estimate of drug-likeness (QED) is 0.590. The predicted molar refractivity (Wildman–Crippen MR) is 44.2 cm³/mol. The summed E-state index contributed by atoms with van der Waals surface area (Å²) < 4.78 is 0. The highest BCUT2D eigenvalue weighted by Gasteiger charge is 2.46. The molecule has 1 amide bonds. The van der Waals surface area contributed by atoms with E-state index in [1.54, 1.807) is 7.05 Å². The summed E-state index contributed by atoms with van der Waals surface area (Å²) in [6.07, 6.45) is 0. The van der Waals surface area contributed by atoms with Crippen molar-refractivity contribution in [2.45, 2.75) is 13.8 Å². The van der Waals surface area contributed by atoms with E-state index in [1.165, 1.54) is 0 Å². The molecular weight excluding hydrogens is 140 g/mol. The fourth-order valence-corrected chi connectivity index (χ4v) is 1.47. The van der Waals surface area contributed by atoms with Gasteiger partial charge >= 0.3 is 0 Å². The third-order valence-electron chi connectivity index (χ3n) is 2.67. The molecule has 0 aromatic carbocycles. The number of nitrogens with one attached hydrogen (secondary N) is 2. The first-order valence-electron chi connectivity index (χ1n) is 4.06. The summed E-state index contributed by atoms with van der Waals surface area (Å²) in [7, 11) is 1.70. The van der Waals surface area contributed by atoms with Gasteiger partial charge < -0.3 is 10.6 Å². The van der Waals surface area contributed by atoms with Crippen LogP contribution in [0.4, 0.5) is 0 Å². The number of hydrogen-bond acceptors (Lipinski definition) is 2. The summed E-state index contributed by atoms with van der Waals surface area (Å²) in [6.45, 7) is 5.83. The molecule has 3 heteroatoms. The van der Waals surface area contributed by atoms with Crippen molar-refractivity contribution in [3.63, 3.8) is 0 Å². The zero-order valence-corrected chi connectivity index (χ0v) is 7.40. The highest BCUT2D eigenvalue weighted by Crippen LogP contribution is 2.31. The molecule has 0 aromatic heterocycles. The molecule has 64 valence electrons. The molecule has 0 unspecified atom stereocenters. The molecule has 0 bridgehead atoms. The van der Waals surface area contributed by atoms with Crippen molar-refractivity contribution in [3.05, 3.63) is 0 Å². The minimum absolute atomic E-state index is 0.130. The predicted octanol–water partition coefficient (Wildman–Crippen LogP) is -0.0220. The molecule has 1 saturated heterocycles. The lowest BCUT2D eigenvalue weighted by atomic mass is 9.71. The van der Waals surface area contributed by atoms with Gasteiger partial charge in [-0.1, -0.05) is 13.8 Å². The highest BCUT2D eigenvalue weighted by atomic mass is 16.2. The van der Waals surface area contributed by atoms with Gasteiger partial charge in [0, 0.05) is 20.1 Å². The van der Waals surface area contributed by atoms with E-state index in [-0.39, 0.29) is 11.3 Å². The Morgan fingerprint density at radius 1 is 1.55 bits per heavy atom. The summed E-state index contributed by atoms with van der Waals surface area (Å²) in [5.74, 6) is 0.593.